The first kappa shape index (κ1) is 19.2. The molecule has 25 heavy (non-hydrogen) atoms. The number of likely N-dealkylation sites (tertiary alicyclic amines) is 1. The summed E-state index contributed by atoms with van der Waals surface area (Å²) in [5.74, 6) is 0.545. The van der Waals surface area contributed by atoms with Crippen molar-refractivity contribution in [3.8, 4) is 5.75 Å². The van der Waals surface area contributed by atoms with E-state index >= 15 is 0 Å². The minimum absolute atomic E-state index is 0.0547. The summed E-state index contributed by atoms with van der Waals surface area (Å²) in [6.07, 6.45) is 4.53. The molecule has 2 amide bonds. The Morgan fingerprint density at radius 2 is 2.04 bits per heavy atom. The van der Waals surface area contributed by atoms with Crippen LogP contribution in [-0.4, -0.2) is 72.0 Å². The first-order chi connectivity index (χ1) is 12.0. The zero-order chi connectivity index (χ0) is 18.2. The molecular formula is C18H28N4O3. The van der Waals surface area contributed by atoms with Crippen molar-refractivity contribution in [2.24, 2.45) is 5.92 Å². The third-order valence-electron chi connectivity index (χ3n) is 4.53. The number of aromatic hydroxyl groups is 1. The van der Waals surface area contributed by atoms with Crippen molar-refractivity contribution in [1.29, 1.82) is 0 Å². The number of likely N-dealkylation sites (N-methyl/N-ethyl adjacent to an activating group) is 1. The molecule has 1 aromatic heterocycles. The molecule has 1 fully saturated rings. The van der Waals surface area contributed by atoms with E-state index in [1.54, 1.807) is 11.0 Å². The molecule has 0 spiro atoms. The summed E-state index contributed by atoms with van der Waals surface area (Å²) >= 11 is 0. The second-order valence-corrected chi connectivity index (χ2v) is 6.83. The topological polar surface area (TPSA) is 85.8 Å². The lowest BCUT2D eigenvalue weighted by molar-refractivity contribution is -0.121. The van der Waals surface area contributed by atoms with Gasteiger partial charge in [-0.15, -0.1) is 0 Å². The maximum Gasteiger partial charge on any atom is 0.272 e. The summed E-state index contributed by atoms with van der Waals surface area (Å²) in [4.78, 5) is 32.0. The Hall–Kier alpha value is -2.15. The van der Waals surface area contributed by atoms with Gasteiger partial charge in [0, 0.05) is 32.6 Å². The van der Waals surface area contributed by atoms with E-state index in [0.717, 1.165) is 25.8 Å². The fraction of sp³-hybridized carbons (Fsp3) is 0.611. The smallest absolute Gasteiger partial charge is 0.272 e. The van der Waals surface area contributed by atoms with Crippen LogP contribution in [0, 0.1) is 5.92 Å². The van der Waals surface area contributed by atoms with Crippen LogP contribution in [0.4, 0.5) is 0 Å². The molecule has 138 valence electrons. The number of aromatic nitrogens is 1. The second-order valence-electron chi connectivity index (χ2n) is 6.83. The van der Waals surface area contributed by atoms with Gasteiger partial charge in [-0.1, -0.05) is 0 Å². The number of pyridine rings is 1. The Labute approximate surface area is 149 Å². The molecule has 7 heteroatoms. The molecule has 7 nitrogen and oxygen atoms in total. The van der Waals surface area contributed by atoms with Crippen molar-refractivity contribution in [2.45, 2.75) is 25.7 Å². The van der Waals surface area contributed by atoms with Crippen molar-refractivity contribution >= 4 is 11.8 Å². The van der Waals surface area contributed by atoms with Crippen LogP contribution in [0.15, 0.2) is 18.3 Å². The molecule has 0 radical (unpaired) electrons. The van der Waals surface area contributed by atoms with Crippen LogP contribution in [0.2, 0.25) is 0 Å². The average molecular weight is 348 g/mol. The van der Waals surface area contributed by atoms with Crippen LogP contribution >= 0.6 is 0 Å². The number of carbonyl (C=O) groups is 2. The highest BCUT2D eigenvalue weighted by molar-refractivity contribution is 5.92. The number of amides is 2. The molecule has 0 saturated carbocycles. The Kier molecular flexibility index (Phi) is 7.18. The lowest BCUT2D eigenvalue weighted by atomic mass is 9.92. The number of piperidine rings is 1. The summed E-state index contributed by atoms with van der Waals surface area (Å²) in [7, 11) is 3.96. The highest BCUT2D eigenvalue weighted by atomic mass is 16.3. The molecular weight excluding hydrogens is 320 g/mol. The van der Waals surface area contributed by atoms with Crippen molar-refractivity contribution in [3.05, 3.63) is 24.0 Å². The van der Waals surface area contributed by atoms with Gasteiger partial charge in [0.05, 0.1) is 6.20 Å². The van der Waals surface area contributed by atoms with E-state index in [2.05, 4.69) is 10.3 Å². The molecule has 0 unspecified atom stereocenters. The molecule has 0 bridgehead atoms. The maximum absolute atomic E-state index is 12.4. The lowest BCUT2D eigenvalue weighted by Crippen LogP contribution is -2.39. The quantitative estimate of drug-likeness (QED) is 0.771. The summed E-state index contributed by atoms with van der Waals surface area (Å²) in [6, 6.07) is 3.02. The van der Waals surface area contributed by atoms with Gasteiger partial charge in [0.15, 0.2) is 0 Å². The highest BCUT2D eigenvalue weighted by Gasteiger charge is 2.24. The van der Waals surface area contributed by atoms with Crippen LogP contribution < -0.4 is 5.32 Å². The molecule has 1 aliphatic heterocycles. The fourth-order valence-corrected chi connectivity index (χ4v) is 2.94. The largest absolute Gasteiger partial charge is 0.506 e. The number of carbonyl (C=O) groups excluding carboxylic acids is 2. The van der Waals surface area contributed by atoms with Crippen LogP contribution in [0.3, 0.4) is 0 Å². The predicted octanol–water partition coefficient (Wildman–Crippen LogP) is 1.10. The summed E-state index contributed by atoms with van der Waals surface area (Å²) in [5, 5.41) is 12.2. The molecule has 2 heterocycles. The fourth-order valence-electron chi connectivity index (χ4n) is 2.94. The van der Waals surface area contributed by atoms with Gasteiger partial charge in [-0.2, -0.15) is 0 Å². The Bertz CT molecular complexity index is 566. The zero-order valence-corrected chi connectivity index (χ0v) is 15.1. The number of rotatable bonds is 7. The number of nitrogens with zero attached hydrogens (tertiary/aromatic N) is 3. The van der Waals surface area contributed by atoms with Crippen LogP contribution in [-0.2, 0) is 4.79 Å². The van der Waals surface area contributed by atoms with Crippen molar-refractivity contribution < 1.29 is 14.7 Å². The Balaban J connectivity index is 1.68. The molecule has 0 aromatic carbocycles. The number of nitrogens with one attached hydrogen (secondary N) is 1. The average Bonchev–Trinajstić information content (AvgIpc) is 2.60. The third-order valence-corrected chi connectivity index (χ3v) is 4.53. The van der Waals surface area contributed by atoms with Gasteiger partial charge < -0.3 is 20.2 Å². The normalized spacial score (nSPS) is 15.4. The summed E-state index contributed by atoms with van der Waals surface area (Å²) in [5.41, 5.74) is 0.358. The van der Waals surface area contributed by atoms with Gasteiger partial charge in [0.25, 0.3) is 5.91 Å². The summed E-state index contributed by atoms with van der Waals surface area (Å²) < 4.78 is 0. The van der Waals surface area contributed by atoms with Crippen molar-refractivity contribution in [1.82, 2.24) is 20.1 Å². The zero-order valence-electron chi connectivity index (χ0n) is 15.1. The van der Waals surface area contributed by atoms with Crippen LogP contribution in [0.1, 0.15) is 36.2 Å². The van der Waals surface area contributed by atoms with Gasteiger partial charge in [0.1, 0.15) is 11.4 Å². The molecule has 1 aromatic rings. The van der Waals surface area contributed by atoms with E-state index in [-0.39, 0.29) is 17.6 Å². The second kappa shape index (κ2) is 9.36. The van der Waals surface area contributed by atoms with Gasteiger partial charge in [-0.05, 0) is 51.4 Å². The van der Waals surface area contributed by atoms with Crippen molar-refractivity contribution in [2.75, 3.05) is 40.3 Å². The molecule has 0 aliphatic carbocycles. The van der Waals surface area contributed by atoms with E-state index in [9.17, 15) is 14.7 Å². The molecule has 2 N–H and O–H groups in total. The molecule has 0 atom stereocenters. The van der Waals surface area contributed by atoms with Gasteiger partial charge in [-0.25, -0.2) is 4.98 Å². The predicted molar refractivity (Wildman–Crippen MR) is 95.3 cm³/mol. The number of hydrogen-bond acceptors (Lipinski definition) is 5. The molecule has 1 saturated heterocycles. The maximum atomic E-state index is 12.4. The van der Waals surface area contributed by atoms with Crippen molar-refractivity contribution in [3.63, 3.8) is 0 Å². The minimum atomic E-state index is -0.0973. The van der Waals surface area contributed by atoms with E-state index in [1.165, 1.54) is 12.3 Å². The molecule has 2 rings (SSSR count). The Morgan fingerprint density at radius 1 is 1.32 bits per heavy atom. The summed E-state index contributed by atoms with van der Waals surface area (Å²) in [6.45, 7) is 2.90. The third kappa shape index (κ3) is 6.34. The van der Waals surface area contributed by atoms with E-state index in [0.29, 0.717) is 37.7 Å². The van der Waals surface area contributed by atoms with E-state index < -0.39 is 0 Å². The Morgan fingerprint density at radius 3 is 2.64 bits per heavy atom. The monoisotopic (exact) mass is 348 g/mol. The first-order valence-electron chi connectivity index (χ1n) is 8.81. The highest BCUT2D eigenvalue weighted by Crippen LogP contribution is 2.23. The van der Waals surface area contributed by atoms with Gasteiger partial charge in [-0.3, -0.25) is 9.59 Å². The van der Waals surface area contributed by atoms with E-state index in [4.69, 9.17) is 0 Å². The number of hydrogen-bond donors (Lipinski definition) is 2. The minimum Gasteiger partial charge on any atom is -0.506 e. The van der Waals surface area contributed by atoms with Crippen LogP contribution in [0.5, 0.6) is 5.75 Å². The van der Waals surface area contributed by atoms with E-state index in [1.807, 2.05) is 19.0 Å². The SMILES string of the molecule is CN(C)CCNC(=O)CCC1CCN(C(=O)c2ccc(O)cn2)CC1. The van der Waals surface area contributed by atoms with Crippen LogP contribution in [0.25, 0.3) is 0 Å². The standard InChI is InChI=1S/C18H28N4O3/c1-21(2)12-9-19-17(24)6-3-14-7-10-22(11-8-14)18(25)16-5-4-15(23)13-20-16/h4-5,13-14,23H,3,6-12H2,1-2H3,(H,19,24). The van der Waals surface area contributed by atoms with Gasteiger partial charge in [0.2, 0.25) is 5.91 Å². The molecule has 1 aliphatic rings. The lowest BCUT2D eigenvalue weighted by Gasteiger charge is -2.31. The van der Waals surface area contributed by atoms with Gasteiger partial charge >= 0.3 is 0 Å². The first-order valence-corrected chi connectivity index (χ1v) is 8.81.